The summed E-state index contributed by atoms with van der Waals surface area (Å²) in [6.45, 7) is 2.58. The van der Waals surface area contributed by atoms with Crippen LogP contribution in [0.4, 0.5) is 5.69 Å². The van der Waals surface area contributed by atoms with Gasteiger partial charge >= 0.3 is 0 Å². The summed E-state index contributed by atoms with van der Waals surface area (Å²) in [5.41, 5.74) is 1.54. The predicted octanol–water partition coefficient (Wildman–Crippen LogP) is 3.20. The zero-order chi connectivity index (χ0) is 21.6. The minimum Gasteiger partial charge on any atom is -0.459 e. The Morgan fingerprint density at radius 2 is 2.16 bits per heavy atom. The molecule has 1 aromatic carbocycles. The summed E-state index contributed by atoms with van der Waals surface area (Å²) in [6.07, 6.45) is 5.68. The molecule has 8 nitrogen and oxygen atoms in total. The molecule has 2 aromatic rings. The van der Waals surface area contributed by atoms with Crippen molar-refractivity contribution in [3.8, 4) is 11.5 Å². The summed E-state index contributed by atoms with van der Waals surface area (Å²) in [6, 6.07) is 9.27. The van der Waals surface area contributed by atoms with Crippen LogP contribution in [0.25, 0.3) is 0 Å². The number of benzene rings is 1. The molecule has 8 heteroatoms. The predicted molar refractivity (Wildman–Crippen MR) is 113 cm³/mol. The van der Waals surface area contributed by atoms with Crippen LogP contribution in [0.5, 0.6) is 11.5 Å². The topological polar surface area (TPSA) is 99.1 Å². The van der Waals surface area contributed by atoms with Crippen molar-refractivity contribution in [2.45, 2.75) is 32.0 Å². The van der Waals surface area contributed by atoms with Gasteiger partial charge in [0.05, 0.1) is 11.9 Å². The van der Waals surface area contributed by atoms with E-state index < -0.39 is 6.29 Å². The Morgan fingerprint density at radius 3 is 2.94 bits per heavy atom. The zero-order valence-corrected chi connectivity index (χ0v) is 17.3. The number of carbonyl (C=O) groups excluding carboxylic acids is 1. The maximum absolute atomic E-state index is 12.9. The Labute approximate surface area is 180 Å². The fourth-order valence-corrected chi connectivity index (χ4v) is 3.89. The smallest absolute Gasteiger partial charge is 0.290 e. The quantitative estimate of drug-likeness (QED) is 0.669. The third kappa shape index (κ3) is 4.81. The van der Waals surface area contributed by atoms with Crippen LogP contribution in [0.2, 0.25) is 0 Å². The first-order valence-corrected chi connectivity index (χ1v) is 10.4. The highest BCUT2D eigenvalue weighted by Gasteiger charge is 2.38. The molecule has 0 aliphatic carbocycles. The lowest BCUT2D eigenvalue weighted by molar-refractivity contribution is -0.165. The van der Waals surface area contributed by atoms with Crippen LogP contribution in [0.15, 0.2) is 54.6 Å². The Kier molecular flexibility index (Phi) is 6.69. The summed E-state index contributed by atoms with van der Waals surface area (Å²) in [5, 5.41) is 12.2. The Balaban J connectivity index is 1.67. The number of amides is 1. The van der Waals surface area contributed by atoms with Crippen molar-refractivity contribution < 1.29 is 28.8 Å². The average Bonchev–Trinajstić information content (AvgIpc) is 3.26. The molecule has 2 aliphatic heterocycles. The van der Waals surface area contributed by atoms with Crippen LogP contribution in [0.3, 0.4) is 0 Å². The molecule has 1 amide bonds. The number of aromatic nitrogens is 1. The monoisotopic (exact) mass is 426 g/mol. The van der Waals surface area contributed by atoms with Crippen LogP contribution in [-0.4, -0.2) is 42.3 Å². The molecule has 0 bridgehead atoms. The van der Waals surface area contributed by atoms with Gasteiger partial charge in [-0.2, -0.15) is 0 Å². The van der Waals surface area contributed by atoms with Gasteiger partial charge in [-0.1, -0.05) is 6.07 Å². The lowest BCUT2D eigenvalue weighted by atomic mass is 9.80. The average molecular weight is 426 g/mol. The maximum atomic E-state index is 12.9. The molecule has 1 aromatic heterocycles. The first-order chi connectivity index (χ1) is 15.2. The molecular weight excluding hydrogens is 400 g/mol. The van der Waals surface area contributed by atoms with E-state index in [4.69, 9.17) is 18.9 Å². The van der Waals surface area contributed by atoms with E-state index in [9.17, 15) is 9.90 Å². The van der Waals surface area contributed by atoms with Crippen LogP contribution < -0.4 is 14.8 Å². The molecule has 0 saturated carbocycles. The number of fused-ring (bicyclic) bond motifs is 1. The third-order valence-corrected chi connectivity index (χ3v) is 5.34. The molecule has 31 heavy (non-hydrogen) atoms. The Bertz CT molecular complexity index is 933. The van der Waals surface area contributed by atoms with Crippen LogP contribution in [0.1, 0.15) is 31.2 Å². The summed E-state index contributed by atoms with van der Waals surface area (Å²) in [5.74, 6) is 0.938. The molecule has 3 atom stereocenters. The van der Waals surface area contributed by atoms with E-state index in [0.29, 0.717) is 36.6 Å². The van der Waals surface area contributed by atoms with E-state index in [1.54, 1.807) is 24.5 Å². The summed E-state index contributed by atoms with van der Waals surface area (Å²) in [4.78, 5) is 16.9. The number of aliphatic hydroxyl groups is 1. The van der Waals surface area contributed by atoms with Gasteiger partial charge < -0.3 is 29.4 Å². The molecule has 0 unspecified atom stereocenters. The van der Waals surface area contributed by atoms with Gasteiger partial charge in [-0.25, -0.2) is 0 Å². The number of aliphatic hydroxyl groups excluding tert-OH is 1. The number of nitrogens with zero attached hydrogens (tertiary/aromatic N) is 1. The summed E-state index contributed by atoms with van der Waals surface area (Å²) in [7, 11) is 0. The summed E-state index contributed by atoms with van der Waals surface area (Å²) >= 11 is 0. The van der Waals surface area contributed by atoms with Crippen LogP contribution >= 0.6 is 0 Å². The van der Waals surface area contributed by atoms with Gasteiger partial charge in [0.1, 0.15) is 0 Å². The van der Waals surface area contributed by atoms with E-state index in [0.717, 1.165) is 5.56 Å². The molecule has 0 radical (unpaired) electrons. The first-order valence-electron chi connectivity index (χ1n) is 10.4. The number of carbonyl (C=O) groups is 1. The number of allylic oxidation sites excluding steroid dienone is 1. The van der Waals surface area contributed by atoms with Gasteiger partial charge in [-0.3, -0.25) is 9.78 Å². The van der Waals surface area contributed by atoms with E-state index in [1.807, 2.05) is 31.2 Å². The number of ether oxygens (including phenoxy) is 4. The molecule has 2 aliphatic rings. The lowest BCUT2D eigenvalue weighted by Crippen LogP contribution is -2.37. The minimum absolute atomic E-state index is 0.0707. The Morgan fingerprint density at radius 1 is 1.29 bits per heavy atom. The maximum Gasteiger partial charge on any atom is 0.290 e. The van der Waals surface area contributed by atoms with Gasteiger partial charge in [0.25, 0.3) is 5.91 Å². The molecule has 0 fully saturated rings. The highest BCUT2D eigenvalue weighted by atomic mass is 16.7. The molecule has 0 saturated heterocycles. The minimum atomic E-state index is -0.619. The van der Waals surface area contributed by atoms with E-state index in [-0.39, 0.29) is 36.9 Å². The second-order valence-electron chi connectivity index (χ2n) is 7.34. The van der Waals surface area contributed by atoms with Crippen molar-refractivity contribution in [2.75, 3.05) is 25.3 Å². The highest BCUT2D eigenvalue weighted by Crippen LogP contribution is 2.42. The van der Waals surface area contributed by atoms with E-state index >= 15 is 0 Å². The largest absolute Gasteiger partial charge is 0.459 e. The van der Waals surface area contributed by atoms with Crippen LogP contribution in [0, 0.1) is 5.92 Å². The molecule has 164 valence electrons. The summed E-state index contributed by atoms with van der Waals surface area (Å²) < 4.78 is 22.8. The standard InChI is InChI=1S/C23H26N2O6/c1-2-28-23-17(6-4-10-26)18(15-7-8-19-20(11-15)30-14-29-19)12-21(31-23)22(27)25-16-5-3-9-24-13-16/h3,5,7-9,11-13,17-18,23,26H,2,4,6,10,14H2,1H3,(H,25,27)/t17-,18-,23-/m0/s1. The number of anilines is 1. The van der Waals surface area contributed by atoms with Crippen molar-refractivity contribution in [2.24, 2.45) is 5.92 Å². The SMILES string of the molecule is CCO[C@H]1OC(C(=O)Nc2cccnc2)=C[C@@H](c2ccc3c(c2)OCO3)[C@@H]1CCCO. The number of hydrogen-bond acceptors (Lipinski definition) is 7. The lowest BCUT2D eigenvalue weighted by Gasteiger charge is -2.37. The second-order valence-corrected chi connectivity index (χ2v) is 7.34. The Hall–Kier alpha value is -3.10. The molecular formula is C23H26N2O6. The van der Waals surface area contributed by atoms with Crippen molar-refractivity contribution in [1.29, 1.82) is 0 Å². The molecule has 2 N–H and O–H groups in total. The highest BCUT2D eigenvalue weighted by molar-refractivity contribution is 6.02. The second kappa shape index (κ2) is 9.80. The molecule has 0 spiro atoms. The normalized spacial score (nSPS) is 21.9. The first kappa shape index (κ1) is 21.1. The van der Waals surface area contributed by atoms with E-state index in [2.05, 4.69) is 10.3 Å². The van der Waals surface area contributed by atoms with Gasteiger partial charge in [-0.05, 0) is 55.7 Å². The number of rotatable bonds is 8. The van der Waals surface area contributed by atoms with Gasteiger partial charge in [0.2, 0.25) is 13.1 Å². The van der Waals surface area contributed by atoms with Crippen LogP contribution in [-0.2, 0) is 14.3 Å². The zero-order valence-electron chi connectivity index (χ0n) is 17.3. The number of nitrogens with one attached hydrogen (secondary N) is 1. The molecule has 4 rings (SSSR count). The fourth-order valence-electron chi connectivity index (χ4n) is 3.89. The number of pyridine rings is 1. The molecule has 3 heterocycles. The van der Waals surface area contributed by atoms with Crippen molar-refractivity contribution >= 4 is 11.6 Å². The van der Waals surface area contributed by atoms with Gasteiger partial charge in [0, 0.05) is 31.2 Å². The van der Waals surface area contributed by atoms with Gasteiger partial charge in [0.15, 0.2) is 17.3 Å². The van der Waals surface area contributed by atoms with Crippen molar-refractivity contribution in [1.82, 2.24) is 4.98 Å². The van der Waals surface area contributed by atoms with Gasteiger partial charge in [-0.15, -0.1) is 0 Å². The van der Waals surface area contributed by atoms with Crippen molar-refractivity contribution in [3.05, 3.63) is 60.1 Å². The van der Waals surface area contributed by atoms with Crippen molar-refractivity contribution in [3.63, 3.8) is 0 Å². The fraction of sp³-hybridized carbons (Fsp3) is 0.391. The third-order valence-electron chi connectivity index (χ3n) is 5.34. The number of hydrogen-bond donors (Lipinski definition) is 2. The van der Waals surface area contributed by atoms with E-state index in [1.165, 1.54) is 0 Å².